The Balaban J connectivity index is 2.42. The molecule has 1 atom stereocenters. The van der Waals surface area contributed by atoms with Gasteiger partial charge in [-0.2, -0.15) is 0 Å². The molecule has 1 aromatic carbocycles. The van der Waals surface area contributed by atoms with Gasteiger partial charge in [-0.3, -0.25) is 4.99 Å². The van der Waals surface area contributed by atoms with Crippen LogP contribution < -0.4 is 11.0 Å². The molecule has 2 aliphatic heterocycles. The molecule has 2 aliphatic rings. The molecule has 0 unspecified atom stereocenters. The first-order valence-electron chi connectivity index (χ1n) is 4.80. The van der Waals surface area contributed by atoms with E-state index in [1.165, 1.54) is 10.8 Å². The van der Waals surface area contributed by atoms with E-state index in [1.807, 2.05) is 7.41 Å². The lowest BCUT2D eigenvalue weighted by Crippen LogP contribution is -2.23. The van der Waals surface area contributed by atoms with E-state index in [9.17, 15) is 0 Å². The molecular formula is C10H7BN3. The molecule has 0 N–H and O–H groups in total. The van der Waals surface area contributed by atoms with Crippen LogP contribution in [0.3, 0.4) is 0 Å². The predicted molar refractivity (Wildman–Crippen MR) is 53.9 cm³/mol. The van der Waals surface area contributed by atoms with Gasteiger partial charge in [-0.25, -0.2) is 0 Å². The summed E-state index contributed by atoms with van der Waals surface area (Å²) in [7, 11) is 2.00. The molecule has 0 aliphatic carbocycles. The van der Waals surface area contributed by atoms with Crippen LogP contribution in [0.1, 0.15) is 5.94 Å². The number of hydrogen-bond acceptors (Lipinski definition) is 2. The van der Waals surface area contributed by atoms with Crippen molar-refractivity contribution in [2.24, 2.45) is 9.90 Å². The van der Waals surface area contributed by atoms with Crippen molar-refractivity contribution in [3.05, 3.63) is 35.2 Å². The fourth-order valence-corrected chi connectivity index (χ4v) is 2.37. The molecule has 0 saturated heterocycles. The van der Waals surface area contributed by atoms with Gasteiger partial charge in [0.05, 0.1) is 12.5 Å². The van der Waals surface area contributed by atoms with Crippen molar-refractivity contribution in [3.63, 3.8) is 0 Å². The van der Waals surface area contributed by atoms with Gasteiger partial charge in [0.25, 0.3) is 0 Å². The van der Waals surface area contributed by atoms with Crippen LogP contribution in [-0.4, -0.2) is 18.5 Å². The zero-order valence-corrected chi connectivity index (χ0v) is 7.51. The maximum Gasteiger partial charge on any atom is 0.304 e. The summed E-state index contributed by atoms with van der Waals surface area (Å²) >= 11 is 0. The molecule has 14 heavy (non-hydrogen) atoms. The molecule has 4 heteroatoms. The van der Waals surface area contributed by atoms with E-state index in [1.54, 1.807) is 0 Å². The van der Waals surface area contributed by atoms with E-state index in [4.69, 9.17) is 0 Å². The summed E-state index contributed by atoms with van der Waals surface area (Å²) < 4.78 is 2.24. The van der Waals surface area contributed by atoms with Crippen molar-refractivity contribution < 1.29 is 0 Å². The van der Waals surface area contributed by atoms with Crippen LogP contribution in [-0.2, 0) is 0 Å². The standard InChI is InChI=1S/C10H7BN3/c1-2-4-7-6(3-1)9-12-5-8-11-13-10(7)14(8)9/h1-4,8H,5H2/t8-/m0/s1. The van der Waals surface area contributed by atoms with Crippen molar-refractivity contribution in [3.8, 4) is 0 Å². The molecule has 4 rings (SSSR count). The average Bonchev–Trinajstić information content (AvgIpc) is 2.86. The van der Waals surface area contributed by atoms with Gasteiger partial charge in [-0.05, 0) is 0 Å². The summed E-state index contributed by atoms with van der Waals surface area (Å²) in [6.07, 6.45) is 0. The van der Waals surface area contributed by atoms with E-state index in [2.05, 4.69) is 38.7 Å². The van der Waals surface area contributed by atoms with Crippen LogP contribution in [0.15, 0.2) is 34.2 Å². The average molecular weight is 180 g/mol. The fraction of sp³-hybridized carbons (Fsp3) is 0.200. The van der Waals surface area contributed by atoms with E-state index in [0.717, 1.165) is 17.5 Å². The highest BCUT2D eigenvalue weighted by Crippen LogP contribution is 2.16. The second-order valence-electron chi connectivity index (χ2n) is 3.75. The first-order valence-corrected chi connectivity index (χ1v) is 4.80. The van der Waals surface area contributed by atoms with E-state index in [-0.39, 0.29) is 0 Å². The highest BCUT2D eigenvalue weighted by molar-refractivity contribution is 6.35. The Morgan fingerprint density at radius 2 is 2.00 bits per heavy atom. The Bertz CT molecular complexity index is 601. The van der Waals surface area contributed by atoms with Gasteiger partial charge in [0.2, 0.25) is 0 Å². The SMILES string of the molecule is [B]1N=c2c3ccccc3c3n2[C@H]1CN=3. The Morgan fingerprint density at radius 1 is 1.21 bits per heavy atom. The van der Waals surface area contributed by atoms with Crippen molar-refractivity contribution >= 4 is 18.2 Å². The van der Waals surface area contributed by atoms with Gasteiger partial charge < -0.3 is 9.47 Å². The minimum absolute atomic E-state index is 0.382. The van der Waals surface area contributed by atoms with Crippen molar-refractivity contribution in [1.29, 1.82) is 0 Å². The van der Waals surface area contributed by atoms with Crippen LogP contribution in [0.2, 0.25) is 0 Å². The van der Waals surface area contributed by atoms with Crippen molar-refractivity contribution in [2.45, 2.75) is 5.94 Å². The predicted octanol–water partition coefficient (Wildman–Crippen LogP) is 0.0255. The maximum atomic E-state index is 4.55. The number of fused-ring (bicyclic) bond motifs is 3. The lowest BCUT2D eigenvalue weighted by atomic mass is 9.85. The van der Waals surface area contributed by atoms with Gasteiger partial charge in [-0.1, -0.05) is 24.3 Å². The number of hydrogen-bond donors (Lipinski definition) is 0. The smallest absolute Gasteiger partial charge is 0.304 e. The first-order chi connectivity index (χ1) is 6.95. The molecule has 0 fully saturated rings. The van der Waals surface area contributed by atoms with Crippen molar-refractivity contribution in [1.82, 2.24) is 4.57 Å². The molecule has 0 saturated carbocycles. The minimum atomic E-state index is 0.382. The van der Waals surface area contributed by atoms with E-state index < -0.39 is 0 Å². The molecule has 0 bridgehead atoms. The quantitative estimate of drug-likeness (QED) is 0.512. The van der Waals surface area contributed by atoms with Crippen LogP contribution in [0.25, 0.3) is 10.8 Å². The lowest BCUT2D eigenvalue weighted by molar-refractivity contribution is 0.720. The van der Waals surface area contributed by atoms with Crippen LogP contribution in [0.4, 0.5) is 0 Å². The van der Waals surface area contributed by atoms with Gasteiger partial charge in [0.1, 0.15) is 11.0 Å². The zero-order chi connectivity index (χ0) is 9.12. The second kappa shape index (κ2) is 2.08. The third-order valence-electron chi connectivity index (χ3n) is 2.99. The van der Waals surface area contributed by atoms with Gasteiger partial charge in [0.15, 0.2) is 0 Å². The molecule has 65 valence electrons. The molecule has 2 aromatic rings. The molecule has 3 nitrogen and oxygen atoms in total. The largest absolute Gasteiger partial charge is 0.331 e. The van der Waals surface area contributed by atoms with Gasteiger partial charge >= 0.3 is 7.41 Å². The molecule has 0 spiro atoms. The summed E-state index contributed by atoms with van der Waals surface area (Å²) in [6.45, 7) is 0.858. The Morgan fingerprint density at radius 3 is 2.86 bits per heavy atom. The van der Waals surface area contributed by atoms with Crippen LogP contribution in [0, 0.1) is 0 Å². The summed E-state index contributed by atoms with van der Waals surface area (Å²) in [4.78, 5) is 9.01. The molecule has 1 aromatic heterocycles. The number of rotatable bonds is 0. The lowest BCUT2D eigenvalue weighted by Gasteiger charge is -1.98. The van der Waals surface area contributed by atoms with E-state index in [0.29, 0.717) is 5.94 Å². The van der Waals surface area contributed by atoms with Crippen LogP contribution >= 0.6 is 0 Å². The Labute approximate surface area is 81.1 Å². The number of nitrogens with zero attached hydrogens (tertiary/aromatic N) is 3. The Hall–Kier alpha value is -1.58. The molecular weight excluding hydrogens is 173 g/mol. The minimum Gasteiger partial charge on any atom is -0.331 e. The normalized spacial score (nSPS) is 21.6. The highest BCUT2D eigenvalue weighted by Gasteiger charge is 2.27. The third-order valence-corrected chi connectivity index (χ3v) is 2.99. The zero-order valence-electron chi connectivity index (χ0n) is 7.51. The fourth-order valence-electron chi connectivity index (χ4n) is 2.37. The highest BCUT2D eigenvalue weighted by atomic mass is 15.2. The Kier molecular flexibility index (Phi) is 1.01. The summed E-state index contributed by atoms with van der Waals surface area (Å²) in [6, 6.07) is 8.35. The van der Waals surface area contributed by atoms with Crippen LogP contribution in [0.5, 0.6) is 0 Å². The van der Waals surface area contributed by atoms with E-state index >= 15 is 0 Å². The second-order valence-corrected chi connectivity index (χ2v) is 3.75. The van der Waals surface area contributed by atoms with Crippen molar-refractivity contribution in [2.75, 3.05) is 6.54 Å². The molecule has 3 heterocycles. The molecule has 0 amide bonds. The van der Waals surface area contributed by atoms with Gasteiger partial charge in [0, 0.05) is 10.8 Å². The molecule has 1 radical (unpaired) electrons. The summed E-state index contributed by atoms with van der Waals surface area (Å²) in [5.74, 6) is 0.382. The van der Waals surface area contributed by atoms with Gasteiger partial charge in [-0.15, -0.1) is 0 Å². The first kappa shape index (κ1) is 6.82. The topological polar surface area (TPSA) is 29.6 Å². The summed E-state index contributed by atoms with van der Waals surface area (Å²) in [5, 5.41) is 2.46. The number of benzene rings is 1. The maximum absolute atomic E-state index is 4.55. The third kappa shape index (κ3) is 0.596. The monoisotopic (exact) mass is 180 g/mol. The summed E-state index contributed by atoms with van der Waals surface area (Å²) in [5.41, 5.74) is 2.19. The number of aromatic nitrogens is 1.